The van der Waals surface area contributed by atoms with E-state index in [1.54, 1.807) is 24.4 Å². The molecule has 41 heavy (non-hydrogen) atoms. The van der Waals surface area contributed by atoms with Crippen LogP contribution in [0, 0.1) is 0 Å². The number of halogens is 2. The fourth-order valence-electron chi connectivity index (χ4n) is 4.88. The number of benzene rings is 2. The van der Waals surface area contributed by atoms with Gasteiger partial charge in [0, 0.05) is 61.4 Å². The van der Waals surface area contributed by atoms with Crippen LogP contribution in [0.15, 0.2) is 42.6 Å². The predicted octanol–water partition coefficient (Wildman–Crippen LogP) is 3.03. The van der Waals surface area contributed by atoms with Gasteiger partial charge in [-0.1, -0.05) is 28.4 Å². The summed E-state index contributed by atoms with van der Waals surface area (Å²) in [6.07, 6.45) is 2.43. The Morgan fingerprint density at radius 1 is 0.951 bits per heavy atom. The Balaban J connectivity index is 1.30. The van der Waals surface area contributed by atoms with Crippen LogP contribution in [0.3, 0.4) is 0 Å². The number of hydrogen-bond donors (Lipinski definition) is 2. The second kappa shape index (κ2) is 13.6. The van der Waals surface area contributed by atoms with E-state index in [-0.39, 0.29) is 17.5 Å². The van der Waals surface area contributed by atoms with E-state index in [1.165, 1.54) is 4.68 Å². The third kappa shape index (κ3) is 7.75. The van der Waals surface area contributed by atoms with Crippen molar-refractivity contribution in [1.82, 2.24) is 30.1 Å². The number of aromatic nitrogens is 3. The van der Waals surface area contributed by atoms with E-state index in [4.69, 9.17) is 27.9 Å². The van der Waals surface area contributed by atoms with E-state index in [0.29, 0.717) is 33.5 Å². The highest BCUT2D eigenvalue weighted by atomic mass is 35.5. The third-order valence-corrected chi connectivity index (χ3v) is 7.66. The van der Waals surface area contributed by atoms with Crippen LogP contribution in [0.25, 0.3) is 5.69 Å². The van der Waals surface area contributed by atoms with E-state index in [0.717, 1.165) is 71.1 Å². The number of nitrogens with one attached hydrogen (secondary N) is 2. The maximum Gasteiger partial charge on any atom is 0.273 e. The summed E-state index contributed by atoms with van der Waals surface area (Å²) >= 11 is 12.3. The molecule has 3 aromatic rings. The Morgan fingerprint density at radius 2 is 1.68 bits per heavy atom. The number of ether oxygens (including phenoxy) is 1. The molecule has 5 rings (SSSR count). The summed E-state index contributed by atoms with van der Waals surface area (Å²) in [5, 5.41) is 15.0. The number of likely N-dealkylation sites (N-methyl/N-ethyl adjacent to an activating group) is 1. The molecule has 2 aliphatic rings. The Labute approximate surface area is 249 Å². The topological polar surface area (TPSA) is 108 Å². The molecule has 2 saturated heterocycles. The zero-order valence-corrected chi connectivity index (χ0v) is 24.5. The number of anilines is 2. The molecule has 218 valence electrons. The summed E-state index contributed by atoms with van der Waals surface area (Å²) in [6.45, 7) is 8.27. The van der Waals surface area contributed by atoms with E-state index in [2.05, 4.69) is 42.7 Å². The largest absolute Gasteiger partial charge is 0.379 e. The van der Waals surface area contributed by atoms with E-state index < -0.39 is 0 Å². The molecule has 13 heteroatoms. The molecule has 2 aromatic carbocycles. The monoisotopic (exact) mass is 600 g/mol. The van der Waals surface area contributed by atoms with Crippen molar-refractivity contribution in [2.24, 2.45) is 0 Å². The van der Waals surface area contributed by atoms with Gasteiger partial charge < -0.3 is 25.2 Å². The SMILES string of the molecule is CN1CCN(c2ccc(-n3cc(C(=O)NCCCN4CCOCC4)nn3)cc2NC(=O)c2cc(Cl)cc(Cl)c2)CC1. The van der Waals surface area contributed by atoms with Crippen LogP contribution < -0.4 is 15.5 Å². The molecule has 11 nitrogen and oxygen atoms in total. The Bertz CT molecular complexity index is 1350. The van der Waals surface area contributed by atoms with Gasteiger partial charge in [0.1, 0.15) is 0 Å². The summed E-state index contributed by atoms with van der Waals surface area (Å²) in [5.74, 6) is -0.615. The molecule has 0 bridgehead atoms. The van der Waals surface area contributed by atoms with Gasteiger partial charge in [0.15, 0.2) is 5.69 Å². The first-order valence-electron chi connectivity index (χ1n) is 13.7. The zero-order valence-electron chi connectivity index (χ0n) is 23.0. The van der Waals surface area contributed by atoms with Crippen LogP contribution >= 0.6 is 23.2 Å². The number of carbonyl (C=O) groups excluding carboxylic acids is 2. The quantitative estimate of drug-likeness (QED) is 0.361. The van der Waals surface area contributed by atoms with Gasteiger partial charge >= 0.3 is 0 Å². The number of carbonyl (C=O) groups is 2. The van der Waals surface area contributed by atoms with Gasteiger partial charge in [-0.25, -0.2) is 4.68 Å². The summed E-state index contributed by atoms with van der Waals surface area (Å²) in [6, 6.07) is 10.4. The van der Waals surface area contributed by atoms with E-state index in [9.17, 15) is 9.59 Å². The lowest BCUT2D eigenvalue weighted by Crippen LogP contribution is -2.44. The number of amides is 2. The van der Waals surface area contributed by atoms with Crippen molar-refractivity contribution < 1.29 is 14.3 Å². The molecule has 2 amide bonds. The third-order valence-electron chi connectivity index (χ3n) is 7.23. The van der Waals surface area contributed by atoms with Gasteiger partial charge in [0.2, 0.25) is 0 Å². The summed E-state index contributed by atoms with van der Waals surface area (Å²) in [7, 11) is 2.09. The standard InChI is InChI=1S/C28H34Cl2N8O3/c1-35-7-9-37(10-8-35)26-4-3-23(18-24(26)32-27(39)20-15-21(29)17-22(30)16-20)38-19-25(33-34-38)28(40)31-5-2-6-36-11-13-41-14-12-36/h3-4,15-19H,2,5-14H2,1H3,(H,31,40)(H,32,39). The van der Waals surface area contributed by atoms with Gasteiger partial charge in [-0.2, -0.15) is 0 Å². The number of rotatable bonds is 9. The Hall–Kier alpha value is -3.22. The number of piperazine rings is 1. The van der Waals surface area contributed by atoms with Crippen LogP contribution in [0.4, 0.5) is 11.4 Å². The van der Waals surface area contributed by atoms with Gasteiger partial charge in [0.25, 0.3) is 11.8 Å². The minimum absolute atomic E-state index is 0.221. The normalized spacial score (nSPS) is 16.5. The van der Waals surface area contributed by atoms with Crippen LogP contribution in [-0.2, 0) is 4.74 Å². The van der Waals surface area contributed by atoms with Gasteiger partial charge in [0.05, 0.1) is 36.5 Å². The first-order chi connectivity index (χ1) is 19.9. The highest BCUT2D eigenvalue weighted by molar-refractivity contribution is 6.35. The maximum absolute atomic E-state index is 13.2. The number of nitrogens with zero attached hydrogens (tertiary/aromatic N) is 6. The van der Waals surface area contributed by atoms with Crippen molar-refractivity contribution in [3.05, 3.63) is 63.9 Å². The molecule has 2 fully saturated rings. The van der Waals surface area contributed by atoms with Gasteiger partial charge in [-0.05, 0) is 56.4 Å². The van der Waals surface area contributed by atoms with E-state index >= 15 is 0 Å². The molecular weight excluding hydrogens is 567 g/mol. The average Bonchev–Trinajstić information content (AvgIpc) is 3.46. The van der Waals surface area contributed by atoms with Crippen molar-refractivity contribution in [3.63, 3.8) is 0 Å². The maximum atomic E-state index is 13.2. The van der Waals surface area contributed by atoms with E-state index in [1.807, 2.05) is 18.2 Å². The fourth-order valence-corrected chi connectivity index (χ4v) is 5.41. The summed E-state index contributed by atoms with van der Waals surface area (Å²) in [5.41, 5.74) is 2.73. The van der Waals surface area contributed by atoms with Crippen LogP contribution in [0.2, 0.25) is 10.0 Å². The lowest BCUT2D eigenvalue weighted by Gasteiger charge is -2.35. The highest BCUT2D eigenvalue weighted by Gasteiger charge is 2.20. The van der Waals surface area contributed by atoms with Crippen molar-refractivity contribution in [1.29, 1.82) is 0 Å². The number of hydrogen-bond acceptors (Lipinski definition) is 8. The predicted molar refractivity (Wildman–Crippen MR) is 160 cm³/mol. The molecular formula is C28H34Cl2N8O3. The zero-order chi connectivity index (χ0) is 28.8. The lowest BCUT2D eigenvalue weighted by atomic mass is 10.1. The first-order valence-corrected chi connectivity index (χ1v) is 14.5. The van der Waals surface area contributed by atoms with Crippen molar-refractivity contribution in [2.75, 3.05) is 82.8 Å². The fraction of sp³-hybridized carbons (Fsp3) is 0.429. The lowest BCUT2D eigenvalue weighted by molar-refractivity contribution is 0.0374. The molecule has 0 unspecified atom stereocenters. The molecule has 2 N–H and O–H groups in total. The molecule has 0 atom stereocenters. The molecule has 0 aliphatic carbocycles. The van der Waals surface area contributed by atoms with Gasteiger partial charge in [-0.15, -0.1) is 5.10 Å². The summed E-state index contributed by atoms with van der Waals surface area (Å²) in [4.78, 5) is 32.8. The van der Waals surface area contributed by atoms with Crippen LogP contribution in [0.1, 0.15) is 27.3 Å². The second-order valence-electron chi connectivity index (χ2n) is 10.2. The minimum atomic E-state index is -0.335. The smallest absolute Gasteiger partial charge is 0.273 e. The Kier molecular flexibility index (Phi) is 9.73. The van der Waals surface area contributed by atoms with Crippen LogP contribution in [-0.4, -0.2) is 109 Å². The highest BCUT2D eigenvalue weighted by Crippen LogP contribution is 2.30. The molecule has 0 spiro atoms. The first kappa shape index (κ1) is 29.3. The van der Waals surface area contributed by atoms with Crippen molar-refractivity contribution in [2.45, 2.75) is 6.42 Å². The minimum Gasteiger partial charge on any atom is -0.379 e. The molecule has 3 heterocycles. The molecule has 0 saturated carbocycles. The average molecular weight is 602 g/mol. The summed E-state index contributed by atoms with van der Waals surface area (Å²) < 4.78 is 6.90. The van der Waals surface area contributed by atoms with Crippen molar-refractivity contribution in [3.8, 4) is 5.69 Å². The van der Waals surface area contributed by atoms with Gasteiger partial charge in [-0.3, -0.25) is 14.5 Å². The number of morpholine rings is 1. The second-order valence-corrected chi connectivity index (χ2v) is 11.1. The molecule has 2 aliphatic heterocycles. The van der Waals surface area contributed by atoms with Crippen molar-refractivity contribution >= 4 is 46.4 Å². The van der Waals surface area contributed by atoms with Crippen LogP contribution in [0.5, 0.6) is 0 Å². The molecule has 1 aromatic heterocycles. The molecule has 0 radical (unpaired) electrons. The Morgan fingerprint density at radius 3 is 2.41 bits per heavy atom.